The number of hydrogen-bond acceptors (Lipinski definition) is 6. The number of aromatic carboxylic acids is 1. The van der Waals surface area contributed by atoms with Gasteiger partial charge in [0.25, 0.3) is 5.69 Å². The van der Waals surface area contributed by atoms with Crippen LogP contribution in [0.2, 0.25) is 5.02 Å². The molecule has 0 radical (unpaired) electrons. The van der Waals surface area contributed by atoms with Crippen LogP contribution in [0.4, 0.5) is 5.69 Å². The Kier molecular flexibility index (Phi) is 7.28. The van der Waals surface area contributed by atoms with Gasteiger partial charge in [0, 0.05) is 12.1 Å². The van der Waals surface area contributed by atoms with Gasteiger partial charge < -0.3 is 14.6 Å². The largest absolute Gasteiger partial charge is 0.493 e. The van der Waals surface area contributed by atoms with E-state index in [2.05, 4.69) is 0 Å². The molecule has 0 aliphatic carbocycles. The van der Waals surface area contributed by atoms with E-state index in [1.807, 2.05) is 6.07 Å². The lowest BCUT2D eigenvalue weighted by Crippen LogP contribution is -2.00. The van der Waals surface area contributed by atoms with Gasteiger partial charge in [0.15, 0.2) is 11.5 Å². The Morgan fingerprint density at radius 1 is 1.18 bits per heavy atom. The second kappa shape index (κ2) is 10.3. The summed E-state index contributed by atoms with van der Waals surface area (Å²) in [6.45, 7) is 0.127. The summed E-state index contributed by atoms with van der Waals surface area (Å²) < 4.78 is 11.2. The zero-order valence-electron chi connectivity index (χ0n) is 17.3. The minimum absolute atomic E-state index is 0.121. The van der Waals surface area contributed by atoms with Gasteiger partial charge >= 0.3 is 5.97 Å². The summed E-state index contributed by atoms with van der Waals surface area (Å²) in [6, 6.07) is 17.3. The molecule has 9 heteroatoms. The molecule has 0 aliphatic rings. The number of benzene rings is 3. The van der Waals surface area contributed by atoms with Crippen LogP contribution in [0.15, 0.2) is 60.7 Å². The number of carboxylic acids is 1. The van der Waals surface area contributed by atoms with E-state index in [9.17, 15) is 20.2 Å². The van der Waals surface area contributed by atoms with Crippen LogP contribution in [0.1, 0.15) is 27.0 Å². The summed E-state index contributed by atoms with van der Waals surface area (Å²) in [5.41, 5.74) is 1.93. The Balaban J connectivity index is 1.87. The Morgan fingerprint density at radius 2 is 1.91 bits per heavy atom. The molecule has 1 N–H and O–H groups in total. The summed E-state index contributed by atoms with van der Waals surface area (Å²) in [7, 11) is 1.44. The van der Waals surface area contributed by atoms with Gasteiger partial charge in [-0.05, 0) is 47.0 Å². The average Bonchev–Trinajstić information content (AvgIpc) is 2.81. The number of halogens is 1. The molecule has 0 aromatic heterocycles. The lowest BCUT2D eigenvalue weighted by molar-refractivity contribution is -0.384. The van der Waals surface area contributed by atoms with E-state index in [-0.39, 0.29) is 34.2 Å². The number of nitrogens with zero attached hydrogens (tertiary/aromatic N) is 2. The van der Waals surface area contributed by atoms with E-state index in [1.165, 1.54) is 37.4 Å². The molecule has 0 fully saturated rings. The van der Waals surface area contributed by atoms with Crippen molar-refractivity contribution >= 4 is 34.9 Å². The molecule has 0 atom stereocenters. The molecule has 0 amide bonds. The highest BCUT2D eigenvalue weighted by Gasteiger charge is 2.14. The predicted molar refractivity (Wildman–Crippen MR) is 122 cm³/mol. The first-order valence-electron chi connectivity index (χ1n) is 9.51. The summed E-state index contributed by atoms with van der Waals surface area (Å²) in [5, 5.41) is 29.8. The Labute approximate surface area is 194 Å². The minimum atomic E-state index is -1.02. The van der Waals surface area contributed by atoms with Crippen molar-refractivity contribution in [2.75, 3.05) is 7.11 Å². The number of rotatable bonds is 8. The van der Waals surface area contributed by atoms with E-state index in [0.717, 1.165) is 5.56 Å². The number of ether oxygens (including phenoxy) is 2. The monoisotopic (exact) mass is 464 g/mol. The van der Waals surface area contributed by atoms with Crippen LogP contribution in [0.25, 0.3) is 11.6 Å². The summed E-state index contributed by atoms with van der Waals surface area (Å²) >= 11 is 6.40. The molecular formula is C24H17ClN2O6. The fourth-order valence-corrected chi connectivity index (χ4v) is 3.27. The molecule has 0 heterocycles. The molecule has 0 unspecified atom stereocenters. The van der Waals surface area contributed by atoms with E-state index in [1.54, 1.807) is 36.4 Å². The Hall–Kier alpha value is -4.35. The van der Waals surface area contributed by atoms with E-state index in [4.69, 9.17) is 26.2 Å². The lowest BCUT2D eigenvalue weighted by Gasteiger charge is -2.14. The third-order valence-electron chi connectivity index (χ3n) is 4.64. The zero-order valence-corrected chi connectivity index (χ0v) is 18.1. The molecule has 0 bridgehead atoms. The maximum atomic E-state index is 11.0. The molecule has 166 valence electrons. The third-order valence-corrected chi connectivity index (χ3v) is 4.92. The number of non-ortho nitro benzene ring substituents is 1. The number of carboxylic acid groups (broad SMARTS) is 1. The van der Waals surface area contributed by atoms with Crippen molar-refractivity contribution in [2.24, 2.45) is 0 Å². The van der Waals surface area contributed by atoms with Crippen molar-refractivity contribution in [1.82, 2.24) is 0 Å². The second-order valence-corrected chi connectivity index (χ2v) is 7.21. The van der Waals surface area contributed by atoms with Crippen LogP contribution >= 0.6 is 11.6 Å². The minimum Gasteiger partial charge on any atom is -0.493 e. The van der Waals surface area contributed by atoms with Gasteiger partial charge in [0.05, 0.1) is 34.3 Å². The molecule has 0 saturated heterocycles. The molecular weight excluding hydrogens is 448 g/mol. The van der Waals surface area contributed by atoms with Gasteiger partial charge in [0.1, 0.15) is 6.61 Å². The van der Waals surface area contributed by atoms with Gasteiger partial charge in [-0.25, -0.2) is 4.79 Å². The number of hydrogen-bond donors (Lipinski definition) is 1. The van der Waals surface area contributed by atoms with Gasteiger partial charge in [-0.2, -0.15) is 5.26 Å². The van der Waals surface area contributed by atoms with Crippen molar-refractivity contribution in [1.29, 1.82) is 5.26 Å². The summed E-state index contributed by atoms with van der Waals surface area (Å²) in [4.78, 5) is 21.5. The standard InChI is InChI=1S/C24H17ClN2O6/c1-32-22-11-16(9-19(13-26)18-3-2-4-20(12-18)27(30)31)10-21(25)23(22)33-14-15-5-7-17(8-6-15)24(28)29/h2-12H,14H2,1H3,(H,28,29)/b19-9-. The maximum absolute atomic E-state index is 11.0. The molecule has 3 rings (SSSR count). The first-order valence-corrected chi connectivity index (χ1v) is 9.89. The number of carbonyl (C=O) groups is 1. The van der Waals surface area contributed by atoms with Crippen molar-refractivity contribution in [3.63, 3.8) is 0 Å². The van der Waals surface area contributed by atoms with Crippen LogP contribution in [0, 0.1) is 21.4 Å². The molecule has 3 aromatic rings. The number of nitro benzene ring substituents is 1. The molecule has 8 nitrogen and oxygen atoms in total. The fourth-order valence-electron chi connectivity index (χ4n) is 3.00. The molecule has 33 heavy (non-hydrogen) atoms. The first-order chi connectivity index (χ1) is 15.8. The predicted octanol–water partition coefficient (Wildman–Crippen LogP) is 5.60. The smallest absolute Gasteiger partial charge is 0.335 e. The molecule has 0 saturated carbocycles. The van der Waals surface area contributed by atoms with Crippen molar-refractivity contribution in [3.05, 3.63) is 98.1 Å². The Bertz CT molecular complexity index is 1280. The third kappa shape index (κ3) is 5.67. The fraction of sp³-hybridized carbons (Fsp3) is 0.0833. The van der Waals surface area contributed by atoms with E-state index < -0.39 is 10.9 Å². The topological polar surface area (TPSA) is 123 Å². The van der Waals surface area contributed by atoms with E-state index >= 15 is 0 Å². The number of nitriles is 1. The zero-order chi connectivity index (χ0) is 24.0. The van der Waals surface area contributed by atoms with Crippen molar-refractivity contribution in [3.8, 4) is 17.6 Å². The quantitative estimate of drug-likeness (QED) is 0.199. The van der Waals surface area contributed by atoms with Crippen LogP contribution < -0.4 is 9.47 Å². The lowest BCUT2D eigenvalue weighted by atomic mass is 10.0. The second-order valence-electron chi connectivity index (χ2n) is 6.80. The van der Waals surface area contributed by atoms with Gasteiger partial charge in [0.2, 0.25) is 0 Å². The normalized spacial score (nSPS) is 10.9. The summed E-state index contributed by atoms with van der Waals surface area (Å²) in [6.07, 6.45) is 1.54. The van der Waals surface area contributed by atoms with Crippen molar-refractivity contribution < 1.29 is 24.3 Å². The van der Waals surface area contributed by atoms with Crippen LogP contribution in [-0.4, -0.2) is 23.1 Å². The van der Waals surface area contributed by atoms with Crippen LogP contribution in [-0.2, 0) is 6.61 Å². The highest BCUT2D eigenvalue weighted by atomic mass is 35.5. The van der Waals surface area contributed by atoms with E-state index in [0.29, 0.717) is 16.9 Å². The van der Waals surface area contributed by atoms with Crippen LogP contribution in [0.5, 0.6) is 11.5 Å². The molecule has 0 spiro atoms. The highest BCUT2D eigenvalue weighted by Crippen LogP contribution is 2.38. The van der Waals surface area contributed by atoms with Gasteiger partial charge in [-0.15, -0.1) is 0 Å². The van der Waals surface area contributed by atoms with Crippen molar-refractivity contribution in [2.45, 2.75) is 6.61 Å². The first kappa shape index (κ1) is 23.3. The maximum Gasteiger partial charge on any atom is 0.335 e. The number of nitro groups is 1. The molecule has 0 aliphatic heterocycles. The van der Waals surface area contributed by atoms with Gasteiger partial charge in [-0.1, -0.05) is 35.9 Å². The van der Waals surface area contributed by atoms with Gasteiger partial charge in [-0.3, -0.25) is 10.1 Å². The SMILES string of the molecule is COc1cc(/C=C(/C#N)c2cccc([N+](=O)[O-])c2)cc(Cl)c1OCc1ccc(C(=O)O)cc1. The Morgan fingerprint density at radius 3 is 2.52 bits per heavy atom. The highest BCUT2D eigenvalue weighted by molar-refractivity contribution is 6.32. The average molecular weight is 465 g/mol. The number of methoxy groups -OCH3 is 1. The van der Waals surface area contributed by atoms with Crippen LogP contribution in [0.3, 0.4) is 0 Å². The molecule has 3 aromatic carbocycles. The summed E-state index contributed by atoms with van der Waals surface area (Å²) in [5.74, 6) is -0.405. The number of allylic oxidation sites excluding steroid dienone is 1.